The Morgan fingerprint density at radius 3 is 2.52 bits per heavy atom. The number of amides is 1. The Kier molecular flexibility index (Phi) is 6.61. The maximum atomic E-state index is 12.7. The first-order valence-corrected chi connectivity index (χ1v) is 11.1. The Hall–Kier alpha value is -1.78. The van der Waals surface area contributed by atoms with Crippen molar-refractivity contribution < 1.29 is 17.9 Å². The van der Waals surface area contributed by atoms with Crippen molar-refractivity contribution in [1.29, 1.82) is 0 Å². The minimum Gasteiger partial charge on any atom is -0.379 e. The number of nitrogens with zero attached hydrogens (tertiary/aromatic N) is 1. The topological polar surface area (TPSA) is 87.7 Å². The summed E-state index contributed by atoms with van der Waals surface area (Å²) < 4.78 is 33.5. The molecule has 0 spiro atoms. The Bertz CT molecular complexity index is 845. The fourth-order valence-corrected chi connectivity index (χ4v) is 4.75. The molecule has 2 heterocycles. The van der Waals surface area contributed by atoms with Gasteiger partial charge < -0.3 is 10.1 Å². The van der Waals surface area contributed by atoms with Gasteiger partial charge in [0.25, 0.3) is 0 Å². The van der Waals surface area contributed by atoms with Crippen LogP contribution in [-0.2, 0) is 19.6 Å². The summed E-state index contributed by atoms with van der Waals surface area (Å²) in [5.74, 6) is -0.201. The molecule has 7 nitrogen and oxygen atoms in total. The highest BCUT2D eigenvalue weighted by molar-refractivity contribution is 7.89. The fourth-order valence-electron chi connectivity index (χ4n) is 3.00. The summed E-state index contributed by atoms with van der Waals surface area (Å²) in [6.07, 6.45) is 0. The third-order valence-electron chi connectivity index (χ3n) is 4.37. The van der Waals surface area contributed by atoms with Gasteiger partial charge in [-0.05, 0) is 46.7 Å². The quantitative estimate of drug-likeness (QED) is 0.731. The van der Waals surface area contributed by atoms with Crippen LogP contribution in [0, 0.1) is 0 Å². The van der Waals surface area contributed by atoms with Crippen molar-refractivity contribution in [3.8, 4) is 0 Å². The Balaban J connectivity index is 1.70. The Morgan fingerprint density at radius 2 is 1.93 bits per heavy atom. The molecule has 1 aromatic carbocycles. The van der Waals surface area contributed by atoms with E-state index in [4.69, 9.17) is 4.74 Å². The molecule has 1 atom stereocenters. The van der Waals surface area contributed by atoms with Crippen LogP contribution in [-0.4, -0.2) is 52.1 Å². The molecule has 2 aromatic rings. The number of nitrogens with one attached hydrogen (secondary N) is 2. The highest BCUT2D eigenvalue weighted by Crippen LogP contribution is 2.24. The van der Waals surface area contributed by atoms with E-state index >= 15 is 0 Å². The van der Waals surface area contributed by atoms with Crippen molar-refractivity contribution in [3.05, 3.63) is 46.7 Å². The maximum absolute atomic E-state index is 12.7. The zero-order valence-corrected chi connectivity index (χ0v) is 16.7. The fraction of sp³-hybridized carbons (Fsp3) is 0.389. The minimum atomic E-state index is -3.65. The van der Waals surface area contributed by atoms with E-state index < -0.39 is 10.0 Å². The van der Waals surface area contributed by atoms with Crippen molar-refractivity contribution in [2.45, 2.75) is 17.9 Å². The molecule has 27 heavy (non-hydrogen) atoms. The van der Waals surface area contributed by atoms with E-state index in [-0.39, 0.29) is 23.4 Å². The Morgan fingerprint density at radius 1 is 1.22 bits per heavy atom. The highest BCUT2D eigenvalue weighted by Gasteiger charge is 2.25. The summed E-state index contributed by atoms with van der Waals surface area (Å²) in [7, 11) is -3.65. The average molecular weight is 410 g/mol. The van der Waals surface area contributed by atoms with Crippen LogP contribution in [0.2, 0.25) is 0 Å². The summed E-state index contributed by atoms with van der Waals surface area (Å²) >= 11 is 1.60. The molecule has 1 aliphatic rings. The lowest BCUT2D eigenvalue weighted by atomic mass is 10.1. The smallest absolute Gasteiger partial charge is 0.240 e. The number of thiophene rings is 1. The molecular weight excluding hydrogens is 386 g/mol. The number of ether oxygens (including phenoxy) is 1. The van der Waals surface area contributed by atoms with Gasteiger partial charge in [-0.25, -0.2) is 13.1 Å². The molecule has 2 N–H and O–H groups in total. The maximum Gasteiger partial charge on any atom is 0.240 e. The van der Waals surface area contributed by atoms with Crippen molar-refractivity contribution in [1.82, 2.24) is 9.62 Å². The molecule has 0 bridgehead atoms. The number of rotatable bonds is 7. The molecule has 1 unspecified atom stereocenters. The zero-order valence-electron chi connectivity index (χ0n) is 15.1. The predicted molar refractivity (Wildman–Crippen MR) is 105 cm³/mol. The number of hydrogen-bond acceptors (Lipinski definition) is 6. The van der Waals surface area contributed by atoms with Gasteiger partial charge in [-0.15, -0.1) is 0 Å². The minimum absolute atomic E-state index is 0.0337. The third-order valence-corrected chi connectivity index (χ3v) is 6.51. The van der Waals surface area contributed by atoms with E-state index in [1.807, 2.05) is 11.4 Å². The molecule has 0 radical (unpaired) electrons. The second-order valence-electron chi connectivity index (χ2n) is 6.28. The van der Waals surface area contributed by atoms with E-state index in [1.165, 1.54) is 19.1 Å². The van der Waals surface area contributed by atoms with Crippen LogP contribution in [0.1, 0.15) is 18.5 Å². The SMILES string of the molecule is CC(=O)Nc1ccc(S(=O)(=O)NCC(c2ccsc2)N2CCOCC2)cc1. The molecule has 1 saturated heterocycles. The number of hydrogen-bond donors (Lipinski definition) is 2. The van der Waals surface area contributed by atoms with E-state index in [1.54, 1.807) is 23.5 Å². The van der Waals surface area contributed by atoms with Crippen molar-refractivity contribution >= 4 is 33.0 Å². The number of carbonyl (C=O) groups is 1. The van der Waals surface area contributed by atoms with Crippen LogP contribution in [0.4, 0.5) is 5.69 Å². The van der Waals surface area contributed by atoms with Gasteiger partial charge in [0.15, 0.2) is 0 Å². The molecule has 3 rings (SSSR count). The molecule has 0 aliphatic carbocycles. The van der Waals surface area contributed by atoms with Gasteiger partial charge in [0.2, 0.25) is 15.9 Å². The third kappa shape index (κ3) is 5.36. The van der Waals surface area contributed by atoms with Crippen molar-refractivity contribution in [3.63, 3.8) is 0 Å². The summed E-state index contributed by atoms with van der Waals surface area (Å²) in [5, 5.41) is 6.67. The number of benzene rings is 1. The lowest BCUT2D eigenvalue weighted by Gasteiger charge is -2.34. The predicted octanol–water partition coefficient (Wildman–Crippen LogP) is 2.06. The number of sulfonamides is 1. The first-order valence-electron chi connectivity index (χ1n) is 8.67. The average Bonchev–Trinajstić information content (AvgIpc) is 3.17. The van der Waals surface area contributed by atoms with E-state index in [2.05, 4.69) is 20.3 Å². The van der Waals surface area contributed by atoms with Gasteiger partial charge in [-0.3, -0.25) is 9.69 Å². The van der Waals surface area contributed by atoms with Gasteiger partial charge in [-0.2, -0.15) is 11.3 Å². The normalized spacial score (nSPS) is 16.8. The van der Waals surface area contributed by atoms with Gasteiger partial charge in [0.1, 0.15) is 0 Å². The van der Waals surface area contributed by atoms with Crippen molar-refractivity contribution in [2.75, 3.05) is 38.2 Å². The summed E-state index contributed by atoms with van der Waals surface area (Å²) in [5.41, 5.74) is 1.66. The number of morpholine rings is 1. The van der Waals surface area contributed by atoms with Gasteiger partial charge >= 0.3 is 0 Å². The highest BCUT2D eigenvalue weighted by atomic mass is 32.2. The molecule has 146 valence electrons. The molecular formula is C18H23N3O4S2. The molecule has 1 aromatic heterocycles. The first kappa shape index (κ1) is 20.0. The summed E-state index contributed by atoms with van der Waals surface area (Å²) in [6, 6.07) is 8.13. The van der Waals surface area contributed by atoms with Crippen LogP contribution in [0.15, 0.2) is 46.0 Å². The molecule has 0 saturated carbocycles. The summed E-state index contributed by atoms with van der Waals surface area (Å²) in [4.78, 5) is 13.5. The molecule has 9 heteroatoms. The second kappa shape index (κ2) is 8.94. The van der Waals surface area contributed by atoms with Crippen LogP contribution in [0.3, 0.4) is 0 Å². The second-order valence-corrected chi connectivity index (χ2v) is 8.83. The van der Waals surface area contributed by atoms with E-state index in [9.17, 15) is 13.2 Å². The van der Waals surface area contributed by atoms with Crippen molar-refractivity contribution in [2.24, 2.45) is 0 Å². The van der Waals surface area contributed by atoms with Gasteiger partial charge in [-0.1, -0.05) is 0 Å². The zero-order chi connectivity index (χ0) is 19.3. The monoisotopic (exact) mass is 409 g/mol. The lowest BCUT2D eigenvalue weighted by Crippen LogP contribution is -2.43. The van der Waals surface area contributed by atoms with Gasteiger partial charge in [0, 0.05) is 38.3 Å². The van der Waals surface area contributed by atoms with Crippen LogP contribution in [0.25, 0.3) is 0 Å². The van der Waals surface area contributed by atoms with E-state index in [0.717, 1.165) is 18.7 Å². The van der Waals surface area contributed by atoms with Gasteiger partial charge in [0.05, 0.1) is 18.1 Å². The molecule has 1 fully saturated rings. The molecule has 1 aliphatic heterocycles. The summed E-state index contributed by atoms with van der Waals surface area (Å²) in [6.45, 7) is 4.53. The molecule has 1 amide bonds. The number of carbonyl (C=O) groups excluding carboxylic acids is 1. The standard InChI is InChI=1S/C18H23N3O4S2/c1-14(22)20-16-2-4-17(5-3-16)27(23,24)19-12-18(15-6-11-26-13-15)21-7-9-25-10-8-21/h2-6,11,13,18-19H,7-10,12H2,1H3,(H,20,22). The van der Waals surface area contributed by atoms with Crippen LogP contribution in [0.5, 0.6) is 0 Å². The number of anilines is 1. The lowest BCUT2D eigenvalue weighted by molar-refractivity contribution is -0.114. The first-order chi connectivity index (χ1) is 13.0. The largest absolute Gasteiger partial charge is 0.379 e. The van der Waals surface area contributed by atoms with Crippen LogP contribution >= 0.6 is 11.3 Å². The Labute approximate surface area is 163 Å². The van der Waals surface area contributed by atoms with Crippen LogP contribution < -0.4 is 10.0 Å². The van der Waals surface area contributed by atoms with E-state index in [0.29, 0.717) is 18.9 Å².